The number of halogens is 1. The second kappa shape index (κ2) is 7.20. The smallest absolute Gasteiger partial charge is 0.259 e. The van der Waals surface area contributed by atoms with Gasteiger partial charge in [0.2, 0.25) is 5.75 Å². The minimum absolute atomic E-state index is 0.168. The number of carbonyl (C=O) groups excluding carboxylic acids is 1. The van der Waals surface area contributed by atoms with Crippen molar-refractivity contribution >= 4 is 34.2 Å². The molecule has 0 fully saturated rings. The Bertz CT molecular complexity index is 1060. The number of fused-ring (bicyclic) bond motifs is 2. The van der Waals surface area contributed by atoms with Gasteiger partial charge in [-0.1, -0.05) is 11.6 Å². The number of amides is 1. The highest BCUT2D eigenvalue weighted by Crippen LogP contribution is 2.39. The van der Waals surface area contributed by atoms with E-state index in [4.69, 9.17) is 30.8 Å². The van der Waals surface area contributed by atoms with Gasteiger partial charge in [0.15, 0.2) is 11.5 Å². The van der Waals surface area contributed by atoms with E-state index in [1.165, 1.54) is 21.3 Å². The lowest BCUT2D eigenvalue weighted by atomic mass is 10.1. The first-order valence-corrected chi connectivity index (χ1v) is 9.14. The molecule has 144 valence electrons. The standard InChI is InChI=1S/C21H19ClN2O4/c1-26-17-10-14(11-18(27-2)19(17)28-3)21(25)24-7-6-12-8-13-9-15(22)4-5-16(13)23-20(12)24/h4-5,8-11H,6-7H2,1-3H3. The second-order valence-electron chi connectivity index (χ2n) is 6.43. The number of anilines is 1. The topological polar surface area (TPSA) is 60.9 Å². The SMILES string of the molecule is COc1cc(C(=O)N2CCc3cc4cc(Cl)ccc4nc32)cc(OC)c1OC. The summed E-state index contributed by atoms with van der Waals surface area (Å²) in [7, 11) is 4.57. The molecule has 0 bridgehead atoms. The van der Waals surface area contributed by atoms with Crippen molar-refractivity contribution in [3.8, 4) is 17.2 Å². The number of nitrogens with zero attached hydrogens (tertiary/aromatic N) is 2. The Morgan fingerprint density at radius 2 is 1.75 bits per heavy atom. The van der Waals surface area contributed by atoms with Crippen molar-refractivity contribution in [2.24, 2.45) is 0 Å². The van der Waals surface area contributed by atoms with Gasteiger partial charge in [0.05, 0.1) is 26.8 Å². The van der Waals surface area contributed by atoms with E-state index in [0.717, 1.165) is 22.9 Å². The lowest BCUT2D eigenvalue weighted by molar-refractivity contribution is 0.0988. The van der Waals surface area contributed by atoms with E-state index in [-0.39, 0.29) is 5.91 Å². The fraction of sp³-hybridized carbons (Fsp3) is 0.238. The van der Waals surface area contributed by atoms with Crippen LogP contribution in [-0.2, 0) is 6.42 Å². The summed E-state index contributed by atoms with van der Waals surface area (Å²) in [5, 5.41) is 1.63. The first-order chi connectivity index (χ1) is 13.5. The molecule has 2 aromatic carbocycles. The number of aromatic nitrogens is 1. The third kappa shape index (κ3) is 2.99. The Labute approximate surface area is 167 Å². The van der Waals surface area contributed by atoms with Crippen molar-refractivity contribution in [1.29, 1.82) is 0 Å². The zero-order chi connectivity index (χ0) is 19.8. The number of methoxy groups -OCH3 is 3. The summed E-state index contributed by atoms with van der Waals surface area (Å²) in [4.78, 5) is 19.6. The molecule has 0 saturated carbocycles. The van der Waals surface area contributed by atoms with Crippen LogP contribution in [0.3, 0.4) is 0 Å². The van der Waals surface area contributed by atoms with Crippen LogP contribution >= 0.6 is 11.6 Å². The Kier molecular flexibility index (Phi) is 4.73. The van der Waals surface area contributed by atoms with Crippen LogP contribution in [0, 0.1) is 0 Å². The number of ether oxygens (including phenoxy) is 3. The van der Waals surface area contributed by atoms with Gasteiger partial charge < -0.3 is 14.2 Å². The monoisotopic (exact) mass is 398 g/mol. The molecule has 0 aliphatic carbocycles. The van der Waals surface area contributed by atoms with Crippen molar-refractivity contribution in [1.82, 2.24) is 4.98 Å². The molecule has 7 heteroatoms. The van der Waals surface area contributed by atoms with Gasteiger partial charge in [-0.3, -0.25) is 9.69 Å². The Morgan fingerprint density at radius 1 is 1.04 bits per heavy atom. The van der Waals surface area contributed by atoms with E-state index in [9.17, 15) is 4.79 Å². The van der Waals surface area contributed by atoms with E-state index in [0.29, 0.717) is 40.2 Å². The van der Waals surface area contributed by atoms with Crippen LogP contribution in [0.4, 0.5) is 5.82 Å². The normalized spacial score (nSPS) is 12.8. The van der Waals surface area contributed by atoms with Gasteiger partial charge >= 0.3 is 0 Å². The summed E-state index contributed by atoms with van der Waals surface area (Å²) >= 11 is 6.08. The zero-order valence-corrected chi connectivity index (χ0v) is 16.5. The van der Waals surface area contributed by atoms with Crippen molar-refractivity contribution in [2.45, 2.75) is 6.42 Å². The number of hydrogen-bond donors (Lipinski definition) is 0. The highest BCUT2D eigenvalue weighted by Gasteiger charge is 2.29. The molecule has 4 rings (SSSR count). The fourth-order valence-corrected chi connectivity index (χ4v) is 3.68. The first kappa shape index (κ1) is 18.4. The Hall–Kier alpha value is -2.99. The van der Waals surface area contributed by atoms with Crippen LogP contribution in [0.15, 0.2) is 36.4 Å². The molecule has 0 saturated heterocycles. The molecule has 1 aromatic heterocycles. The van der Waals surface area contributed by atoms with Crippen molar-refractivity contribution in [3.63, 3.8) is 0 Å². The molecule has 0 N–H and O–H groups in total. The minimum Gasteiger partial charge on any atom is -0.493 e. The van der Waals surface area contributed by atoms with Crippen LogP contribution in [0.25, 0.3) is 10.9 Å². The molecular formula is C21H19ClN2O4. The molecular weight excluding hydrogens is 380 g/mol. The maximum Gasteiger partial charge on any atom is 0.259 e. The highest BCUT2D eigenvalue weighted by atomic mass is 35.5. The number of carbonyl (C=O) groups is 1. The molecule has 3 aromatic rings. The molecule has 28 heavy (non-hydrogen) atoms. The Morgan fingerprint density at radius 3 is 2.39 bits per heavy atom. The number of benzene rings is 2. The molecule has 1 aliphatic rings. The quantitative estimate of drug-likeness (QED) is 0.661. The van der Waals surface area contributed by atoms with Gasteiger partial charge in [-0.15, -0.1) is 0 Å². The largest absolute Gasteiger partial charge is 0.493 e. The van der Waals surface area contributed by atoms with E-state index in [1.807, 2.05) is 18.2 Å². The predicted molar refractivity (Wildman–Crippen MR) is 108 cm³/mol. The average molecular weight is 399 g/mol. The summed E-state index contributed by atoms with van der Waals surface area (Å²) < 4.78 is 16.1. The summed E-state index contributed by atoms with van der Waals surface area (Å²) in [5.74, 6) is 1.83. The Balaban J connectivity index is 1.76. The van der Waals surface area contributed by atoms with Gasteiger partial charge in [0.25, 0.3) is 5.91 Å². The lowest BCUT2D eigenvalue weighted by Crippen LogP contribution is -2.29. The van der Waals surface area contributed by atoms with Gasteiger partial charge in [0, 0.05) is 22.5 Å². The summed E-state index contributed by atoms with van der Waals surface area (Å²) in [6.45, 7) is 0.557. The van der Waals surface area contributed by atoms with Crippen LogP contribution < -0.4 is 19.1 Å². The minimum atomic E-state index is -0.168. The summed E-state index contributed by atoms with van der Waals surface area (Å²) in [5.41, 5.74) is 2.27. The van der Waals surface area contributed by atoms with Crippen LogP contribution in [0.5, 0.6) is 17.2 Å². The van der Waals surface area contributed by atoms with Gasteiger partial charge in [-0.2, -0.15) is 0 Å². The average Bonchev–Trinajstić information content (AvgIpc) is 3.12. The third-order valence-corrected chi connectivity index (χ3v) is 5.09. The maximum atomic E-state index is 13.2. The summed E-state index contributed by atoms with van der Waals surface area (Å²) in [6.07, 6.45) is 0.737. The zero-order valence-electron chi connectivity index (χ0n) is 15.8. The number of rotatable bonds is 4. The predicted octanol–water partition coefficient (Wildman–Crippen LogP) is 4.12. The molecule has 2 heterocycles. The van der Waals surface area contributed by atoms with E-state index >= 15 is 0 Å². The number of pyridine rings is 1. The summed E-state index contributed by atoms with van der Waals surface area (Å²) in [6, 6.07) is 10.9. The second-order valence-corrected chi connectivity index (χ2v) is 6.87. The fourth-order valence-electron chi connectivity index (χ4n) is 3.49. The van der Waals surface area contributed by atoms with Crippen LogP contribution in [0.2, 0.25) is 5.02 Å². The van der Waals surface area contributed by atoms with E-state index < -0.39 is 0 Å². The molecule has 0 atom stereocenters. The third-order valence-electron chi connectivity index (χ3n) is 4.85. The molecule has 0 spiro atoms. The molecule has 0 unspecified atom stereocenters. The molecule has 6 nitrogen and oxygen atoms in total. The molecule has 0 radical (unpaired) electrons. The van der Waals surface area contributed by atoms with Crippen LogP contribution in [0.1, 0.15) is 15.9 Å². The van der Waals surface area contributed by atoms with E-state index in [1.54, 1.807) is 23.1 Å². The van der Waals surface area contributed by atoms with Crippen molar-refractivity contribution in [2.75, 3.05) is 32.8 Å². The number of hydrogen-bond acceptors (Lipinski definition) is 5. The molecule has 1 aliphatic heterocycles. The maximum absolute atomic E-state index is 13.2. The highest BCUT2D eigenvalue weighted by molar-refractivity contribution is 6.31. The first-order valence-electron chi connectivity index (χ1n) is 8.76. The van der Waals surface area contributed by atoms with Gasteiger partial charge in [-0.05, 0) is 48.4 Å². The van der Waals surface area contributed by atoms with Gasteiger partial charge in [-0.25, -0.2) is 4.98 Å². The van der Waals surface area contributed by atoms with Gasteiger partial charge in [0.1, 0.15) is 5.82 Å². The van der Waals surface area contributed by atoms with Crippen molar-refractivity contribution in [3.05, 3.63) is 52.5 Å². The van der Waals surface area contributed by atoms with E-state index in [2.05, 4.69) is 0 Å². The lowest BCUT2D eigenvalue weighted by Gasteiger charge is -2.19. The molecule has 1 amide bonds. The van der Waals surface area contributed by atoms with Crippen molar-refractivity contribution < 1.29 is 19.0 Å². The van der Waals surface area contributed by atoms with Crippen LogP contribution in [-0.4, -0.2) is 38.8 Å².